The highest BCUT2D eigenvalue weighted by Crippen LogP contribution is 2.34. The number of aryl methyl sites for hydroxylation is 1. The highest BCUT2D eigenvalue weighted by Gasteiger charge is 2.32. The number of amides is 1. The average Bonchev–Trinajstić information content (AvgIpc) is 3.15. The standard InChI is InChI=1S/C17H19NO3/c1-12-8-9-16(21-12)17(19)18-10-4-7-15(18)13-5-3-6-14(11-13)20-2/h3,5-6,8-9,11,15H,4,7,10H2,1-2H3. The Labute approximate surface area is 124 Å². The van der Waals surface area contributed by atoms with Crippen molar-refractivity contribution in [1.29, 1.82) is 0 Å². The lowest BCUT2D eigenvalue weighted by Crippen LogP contribution is -2.30. The van der Waals surface area contributed by atoms with Gasteiger partial charge in [-0.15, -0.1) is 0 Å². The lowest BCUT2D eigenvalue weighted by molar-refractivity contribution is 0.0701. The lowest BCUT2D eigenvalue weighted by Gasteiger charge is -2.24. The number of carbonyl (C=O) groups excluding carboxylic acids is 1. The molecule has 1 aromatic carbocycles. The lowest BCUT2D eigenvalue weighted by atomic mass is 10.0. The Bertz CT molecular complexity index is 647. The third-order valence-corrected chi connectivity index (χ3v) is 3.94. The molecule has 4 heteroatoms. The predicted molar refractivity (Wildman–Crippen MR) is 79.5 cm³/mol. The summed E-state index contributed by atoms with van der Waals surface area (Å²) in [5, 5.41) is 0. The minimum absolute atomic E-state index is 0.0339. The van der Waals surface area contributed by atoms with E-state index in [0.717, 1.165) is 36.5 Å². The number of ether oxygens (including phenoxy) is 1. The van der Waals surface area contributed by atoms with Crippen molar-refractivity contribution in [1.82, 2.24) is 4.90 Å². The predicted octanol–water partition coefficient (Wildman–Crippen LogP) is 3.57. The number of likely N-dealkylation sites (tertiary alicyclic amines) is 1. The number of carbonyl (C=O) groups is 1. The maximum atomic E-state index is 12.6. The normalized spacial score (nSPS) is 18.0. The van der Waals surface area contributed by atoms with Crippen molar-refractivity contribution in [2.45, 2.75) is 25.8 Å². The van der Waals surface area contributed by atoms with Gasteiger partial charge in [-0.25, -0.2) is 0 Å². The van der Waals surface area contributed by atoms with Crippen LogP contribution in [0.2, 0.25) is 0 Å². The summed E-state index contributed by atoms with van der Waals surface area (Å²) in [5.41, 5.74) is 1.11. The second-order valence-electron chi connectivity index (χ2n) is 5.34. The Morgan fingerprint density at radius 1 is 1.33 bits per heavy atom. The summed E-state index contributed by atoms with van der Waals surface area (Å²) in [6, 6.07) is 11.6. The van der Waals surface area contributed by atoms with Crippen molar-refractivity contribution in [3.8, 4) is 5.75 Å². The molecule has 2 heterocycles. The van der Waals surface area contributed by atoms with Crippen LogP contribution in [0, 0.1) is 6.92 Å². The molecule has 0 aliphatic carbocycles. The Hall–Kier alpha value is -2.23. The van der Waals surface area contributed by atoms with Crippen LogP contribution in [0.3, 0.4) is 0 Å². The van der Waals surface area contributed by atoms with Crippen LogP contribution in [0.4, 0.5) is 0 Å². The van der Waals surface area contributed by atoms with Gasteiger partial charge in [0.25, 0.3) is 5.91 Å². The zero-order valence-corrected chi connectivity index (χ0v) is 12.3. The molecule has 1 aliphatic rings. The molecule has 1 atom stereocenters. The molecule has 1 amide bonds. The molecule has 1 fully saturated rings. The fourth-order valence-corrected chi connectivity index (χ4v) is 2.90. The number of hydrogen-bond donors (Lipinski definition) is 0. The quantitative estimate of drug-likeness (QED) is 0.865. The smallest absolute Gasteiger partial charge is 0.290 e. The van der Waals surface area contributed by atoms with Crippen molar-refractivity contribution < 1.29 is 13.9 Å². The summed E-state index contributed by atoms with van der Waals surface area (Å²) in [7, 11) is 1.66. The molecule has 0 radical (unpaired) electrons. The van der Waals surface area contributed by atoms with Gasteiger partial charge in [0.1, 0.15) is 11.5 Å². The van der Waals surface area contributed by atoms with Crippen molar-refractivity contribution in [2.75, 3.05) is 13.7 Å². The number of methoxy groups -OCH3 is 1. The van der Waals surface area contributed by atoms with E-state index in [-0.39, 0.29) is 11.9 Å². The van der Waals surface area contributed by atoms with E-state index < -0.39 is 0 Å². The van der Waals surface area contributed by atoms with E-state index in [4.69, 9.17) is 9.15 Å². The van der Waals surface area contributed by atoms with E-state index in [0.29, 0.717) is 5.76 Å². The largest absolute Gasteiger partial charge is 0.497 e. The van der Waals surface area contributed by atoms with Crippen LogP contribution < -0.4 is 4.74 Å². The van der Waals surface area contributed by atoms with Crippen LogP contribution in [-0.2, 0) is 0 Å². The van der Waals surface area contributed by atoms with E-state index in [1.54, 1.807) is 13.2 Å². The molecule has 1 saturated heterocycles. The first-order valence-corrected chi connectivity index (χ1v) is 7.20. The zero-order valence-electron chi connectivity index (χ0n) is 12.3. The minimum Gasteiger partial charge on any atom is -0.497 e. The molecule has 2 aromatic rings. The second-order valence-corrected chi connectivity index (χ2v) is 5.34. The van der Waals surface area contributed by atoms with Crippen LogP contribution in [0.1, 0.15) is 40.8 Å². The van der Waals surface area contributed by atoms with Crippen LogP contribution in [-0.4, -0.2) is 24.5 Å². The number of nitrogens with zero attached hydrogens (tertiary/aromatic N) is 1. The zero-order chi connectivity index (χ0) is 14.8. The van der Waals surface area contributed by atoms with Gasteiger partial charge in [-0.1, -0.05) is 12.1 Å². The molecule has 0 spiro atoms. The van der Waals surface area contributed by atoms with E-state index in [2.05, 4.69) is 0 Å². The summed E-state index contributed by atoms with van der Waals surface area (Å²) >= 11 is 0. The Morgan fingerprint density at radius 2 is 2.19 bits per heavy atom. The molecule has 1 unspecified atom stereocenters. The first-order valence-electron chi connectivity index (χ1n) is 7.20. The monoisotopic (exact) mass is 285 g/mol. The molecule has 0 bridgehead atoms. The first-order chi connectivity index (χ1) is 10.2. The summed E-state index contributed by atoms with van der Waals surface area (Å²) in [6.45, 7) is 2.61. The van der Waals surface area contributed by atoms with Gasteiger partial charge in [-0.2, -0.15) is 0 Å². The number of hydrogen-bond acceptors (Lipinski definition) is 3. The van der Waals surface area contributed by atoms with Crippen LogP contribution in [0.25, 0.3) is 0 Å². The second kappa shape index (κ2) is 5.64. The molecule has 0 saturated carbocycles. The molecular formula is C17H19NO3. The van der Waals surface area contributed by atoms with Crippen molar-refractivity contribution in [3.63, 3.8) is 0 Å². The Kier molecular flexibility index (Phi) is 3.69. The molecule has 3 rings (SSSR count). The van der Waals surface area contributed by atoms with Gasteiger partial charge in [0.05, 0.1) is 13.2 Å². The third-order valence-electron chi connectivity index (χ3n) is 3.94. The van der Waals surface area contributed by atoms with Crippen LogP contribution in [0.5, 0.6) is 5.75 Å². The average molecular weight is 285 g/mol. The molecule has 1 aliphatic heterocycles. The molecule has 110 valence electrons. The van der Waals surface area contributed by atoms with Gasteiger partial charge in [0.15, 0.2) is 5.76 Å². The van der Waals surface area contributed by atoms with Crippen molar-refractivity contribution in [2.24, 2.45) is 0 Å². The van der Waals surface area contributed by atoms with E-state index in [9.17, 15) is 4.79 Å². The summed E-state index contributed by atoms with van der Waals surface area (Å²) < 4.78 is 10.7. The Balaban J connectivity index is 1.86. The molecule has 0 N–H and O–H groups in total. The van der Waals surface area contributed by atoms with Gasteiger partial charge < -0.3 is 14.1 Å². The van der Waals surface area contributed by atoms with E-state index in [1.165, 1.54) is 0 Å². The number of furan rings is 1. The molecular weight excluding hydrogens is 266 g/mol. The minimum atomic E-state index is -0.0339. The third kappa shape index (κ3) is 2.66. The van der Waals surface area contributed by atoms with Crippen molar-refractivity contribution in [3.05, 3.63) is 53.5 Å². The fraction of sp³-hybridized carbons (Fsp3) is 0.353. The summed E-state index contributed by atoms with van der Waals surface area (Å²) in [5.74, 6) is 1.96. The van der Waals surface area contributed by atoms with Gasteiger partial charge in [-0.3, -0.25) is 4.79 Å². The Morgan fingerprint density at radius 3 is 2.90 bits per heavy atom. The fourth-order valence-electron chi connectivity index (χ4n) is 2.90. The van der Waals surface area contributed by atoms with Gasteiger partial charge >= 0.3 is 0 Å². The van der Waals surface area contributed by atoms with Crippen LogP contribution >= 0.6 is 0 Å². The highest BCUT2D eigenvalue weighted by atomic mass is 16.5. The number of rotatable bonds is 3. The molecule has 1 aromatic heterocycles. The van der Waals surface area contributed by atoms with Gasteiger partial charge in [0, 0.05) is 6.54 Å². The maximum absolute atomic E-state index is 12.6. The maximum Gasteiger partial charge on any atom is 0.290 e. The van der Waals surface area contributed by atoms with Gasteiger partial charge in [0.2, 0.25) is 0 Å². The van der Waals surface area contributed by atoms with Crippen molar-refractivity contribution >= 4 is 5.91 Å². The first kappa shape index (κ1) is 13.7. The summed E-state index contributed by atoms with van der Waals surface area (Å²) in [6.07, 6.45) is 1.98. The van der Waals surface area contributed by atoms with E-state index >= 15 is 0 Å². The topological polar surface area (TPSA) is 42.7 Å². The van der Waals surface area contributed by atoms with Gasteiger partial charge in [-0.05, 0) is 49.6 Å². The van der Waals surface area contributed by atoms with E-state index in [1.807, 2.05) is 42.2 Å². The SMILES string of the molecule is COc1cccc(C2CCCN2C(=O)c2ccc(C)o2)c1. The highest BCUT2D eigenvalue weighted by molar-refractivity contribution is 5.92. The van der Waals surface area contributed by atoms with Crippen LogP contribution in [0.15, 0.2) is 40.8 Å². The number of benzene rings is 1. The molecule has 4 nitrogen and oxygen atoms in total. The molecule has 21 heavy (non-hydrogen) atoms. The summed E-state index contributed by atoms with van der Waals surface area (Å²) in [4.78, 5) is 14.5.